The van der Waals surface area contributed by atoms with Gasteiger partial charge in [0.1, 0.15) is 6.07 Å². The Labute approximate surface area is 162 Å². The van der Waals surface area contributed by atoms with Crippen LogP contribution in [0.1, 0.15) is 21.8 Å². The Kier molecular flexibility index (Phi) is 4.57. The summed E-state index contributed by atoms with van der Waals surface area (Å²) in [6.07, 6.45) is -2.40. The number of rotatable bonds is 3. The molecule has 0 amide bonds. The monoisotopic (exact) mass is 395 g/mol. The third kappa shape index (κ3) is 3.59. The Bertz CT molecular complexity index is 1210. The van der Waals surface area contributed by atoms with E-state index in [4.69, 9.17) is 5.26 Å². The molecule has 4 rings (SSSR count). The minimum Gasteiger partial charge on any atom is -0.227 e. The van der Waals surface area contributed by atoms with Gasteiger partial charge < -0.3 is 0 Å². The van der Waals surface area contributed by atoms with Crippen molar-refractivity contribution in [2.24, 2.45) is 0 Å². The molecule has 0 aliphatic heterocycles. The fraction of sp³-hybridized carbons (Fsp3) is 0.0952. The minimum absolute atomic E-state index is 0.0928. The van der Waals surface area contributed by atoms with Crippen molar-refractivity contribution < 1.29 is 13.2 Å². The Hall–Kier alpha value is -3.24. The lowest BCUT2D eigenvalue weighted by Crippen LogP contribution is -2.05. The lowest BCUT2D eigenvalue weighted by molar-refractivity contribution is -0.137. The summed E-state index contributed by atoms with van der Waals surface area (Å²) in [7, 11) is 0. The smallest absolute Gasteiger partial charge is 0.227 e. The third-order valence-corrected chi connectivity index (χ3v) is 5.44. The largest absolute Gasteiger partial charge is 0.416 e. The first-order chi connectivity index (χ1) is 13.4. The summed E-state index contributed by atoms with van der Waals surface area (Å²) in [6.45, 7) is 0. The van der Waals surface area contributed by atoms with Gasteiger partial charge in [0, 0.05) is 27.8 Å². The van der Waals surface area contributed by atoms with Crippen molar-refractivity contribution in [1.29, 1.82) is 5.26 Å². The summed E-state index contributed by atoms with van der Waals surface area (Å²) in [5.74, 6) is 0.0928. The molecule has 0 aliphatic carbocycles. The number of benzene rings is 2. The molecule has 2 aromatic heterocycles. The Morgan fingerprint density at radius 1 is 1.04 bits per heavy atom. The van der Waals surface area contributed by atoms with Crippen LogP contribution in [-0.2, 0) is 12.6 Å². The summed E-state index contributed by atoms with van der Waals surface area (Å²) >= 11 is 1.52. The first-order valence-corrected chi connectivity index (χ1v) is 9.17. The van der Waals surface area contributed by atoms with Crippen LogP contribution >= 0.6 is 11.3 Å². The molecule has 0 fully saturated rings. The van der Waals surface area contributed by atoms with Crippen molar-refractivity contribution in [2.75, 3.05) is 0 Å². The zero-order valence-electron chi connectivity index (χ0n) is 14.4. The van der Waals surface area contributed by atoms with Crippen LogP contribution in [0.15, 0.2) is 60.8 Å². The second-order valence-electron chi connectivity index (χ2n) is 6.19. The highest BCUT2D eigenvalue weighted by molar-refractivity contribution is 7.19. The highest BCUT2D eigenvalue weighted by Crippen LogP contribution is 2.36. The first-order valence-electron chi connectivity index (χ1n) is 8.35. The number of aromatic nitrogens is 2. The molecule has 7 heteroatoms. The van der Waals surface area contributed by atoms with Crippen LogP contribution in [0.2, 0.25) is 0 Å². The van der Waals surface area contributed by atoms with Crippen LogP contribution in [-0.4, -0.2) is 9.97 Å². The van der Waals surface area contributed by atoms with E-state index in [1.165, 1.54) is 29.7 Å². The maximum absolute atomic E-state index is 12.9. The standard InChI is InChI=1S/C21H12F3N3S/c22-21(23,24)15-5-1-3-13(9-15)10-16-11-14-4-2-6-17(20(14)28-16)18-7-8-26-19(12-25)27-18/h1-9,11H,10H2. The molecule has 0 unspecified atom stereocenters. The number of hydrogen-bond acceptors (Lipinski definition) is 4. The zero-order valence-corrected chi connectivity index (χ0v) is 15.2. The van der Waals surface area contributed by atoms with Crippen molar-refractivity contribution in [3.63, 3.8) is 0 Å². The molecular formula is C21H12F3N3S. The molecule has 0 atom stereocenters. The van der Waals surface area contributed by atoms with E-state index in [1.54, 1.807) is 12.1 Å². The van der Waals surface area contributed by atoms with Gasteiger partial charge in [-0.3, -0.25) is 0 Å². The lowest BCUT2D eigenvalue weighted by Gasteiger charge is -2.08. The highest BCUT2D eigenvalue weighted by Gasteiger charge is 2.30. The van der Waals surface area contributed by atoms with Gasteiger partial charge in [0.25, 0.3) is 0 Å². The highest BCUT2D eigenvalue weighted by atomic mass is 32.1. The van der Waals surface area contributed by atoms with E-state index in [0.717, 1.165) is 26.6 Å². The first kappa shape index (κ1) is 18.1. The molecule has 0 aliphatic rings. The summed E-state index contributed by atoms with van der Waals surface area (Å²) in [5, 5.41) is 10.0. The molecule has 2 heterocycles. The average Bonchev–Trinajstić information content (AvgIpc) is 3.10. The number of nitriles is 1. The number of thiophene rings is 1. The molecule has 138 valence electrons. The summed E-state index contributed by atoms with van der Waals surface area (Å²) in [5.41, 5.74) is 1.48. The van der Waals surface area contributed by atoms with Crippen molar-refractivity contribution in [3.8, 4) is 17.3 Å². The maximum atomic E-state index is 12.9. The quantitative estimate of drug-likeness (QED) is 0.438. The molecule has 0 saturated carbocycles. The van der Waals surface area contributed by atoms with Gasteiger partial charge in [-0.15, -0.1) is 11.3 Å². The molecule has 0 spiro atoms. The van der Waals surface area contributed by atoms with E-state index < -0.39 is 11.7 Å². The third-order valence-electron chi connectivity index (χ3n) is 4.26. The van der Waals surface area contributed by atoms with Crippen LogP contribution in [0, 0.1) is 11.3 Å². The van der Waals surface area contributed by atoms with E-state index in [9.17, 15) is 13.2 Å². The van der Waals surface area contributed by atoms with Gasteiger partial charge in [0.05, 0.1) is 11.3 Å². The summed E-state index contributed by atoms with van der Waals surface area (Å²) in [4.78, 5) is 9.10. The van der Waals surface area contributed by atoms with Crippen LogP contribution in [0.4, 0.5) is 13.2 Å². The van der Waals surface area contributed by atoms with E-state index in [-0.39, 0.29) is 5.82 Å². The molecular weight excluding hydrogens is 383 g/mol. The maximum Gasteiger partial charge on any atom is 0.416 e. The van der Waals surface area contributed by atoms with Crippen molar-refractivity contribution >= 4 is 21.4 Å². The van der Waals surface area contributed by atoms with Gasteiger partial charge in [0.15, 0.2) is 0 Å². The van der Waals surface area contributed by atoms with E-state index in [1.807, 2.05) is 30.3 Å². The van der Waals surface area contributed by atoms with Crippen molar-refractivity contribution in [3.05, 3.63) is 82.6 Å². The summed E-state index contributed by atoms with van der Waals surface area (Å²) in [6, 6.07) is 16.8. The van der Waals surface area contributed by atoms with Gasteiger partial charge in [0.2, 0.25) is 5.82 Å². The van der Waals surface area contributed by atoms with Crippen LogP contribution < -0.4 is 0 Å². The van der Waals surface area contributed by atoms with Gasteiger partial charge in [-0.25, -0.2) is 9.97 Å². The van der Waals surface area contributed by atoms with Crippen molar-refractivity contribution in [1.82, 2.24) is 9.97 Å². The second kappa shape index (κ2) is 7.06. The number of hydrogen-bond donors (Lipinski definition) is 0. The molecule has 3 nitrogen and oxygen atoms in total. The Balaban J connectivity index is 1.72. The van der Waals surface area contributed by atoms with Crippen LogP contribution in [0.3, 0.4) is 0 Å². The SMILES string of the molecule is N#Cc1nccc(-c2cccc3cc(Cc4cccc(C(F)(F)F)c4)sc23)n1. The molecule has 0 N–H and O–H groups in total. The van der Waals surface area contributed by atoms with Gasteiger partial charge in [-0.1, -0.05) is 36.4 Å². The van der Waals surface area contributed by atoms with E-state index in [0.29, 0.717) is 17.7 Å². The minimum atomic E-state index is -4.35. The van der Waals surface area contributed by atoms with Gasteiger partial charge in [-0.05, 0) is 29.1 Å². The van der Waals surface area contributed by atoms with E-state index in [2.05, 4.69) is 9.97 Å². The van der Waals surface area contributed by atoms with Crippen molar-refractivity contribution in [2.45, 2.75) is 12.6 Å². The van der Waals surface area contributed by atoms with Gasteiger partial charge >= 0.3 is 6.18 Å². The Morgan fingerprint density at radius 2 is 1.86 bits per heavy atom. The predicted molar refractivity (Wildman–Crippen MR) is 102 cm³/mol. The summed E-state index contributed by atoms with van der Waals surface area (Å²) < 4.78 is 39.8. The number of nitrogens with zero attached hydrogens (tertiary/aromatic N) is 3. The van der Waals surface area contributed by atoms with E-state index >= 15 is 0 Å². The topological polar surface area (TPSA) is 49.6 Å². The lowest BCUT2D eigenvalue weighted by atomic mass is 10.1. The fourth-order valence-electron chi connectivity index (χ4n) is 3.03. The fourth-order valence-corrected chi connectivity index (χ4v) is 4.24. The van der Waals surface area contributed by atoms with Gasteiger partial charge in [-0.2, -0.15) is 18.4 Å². The normalized spacial score (nSPS) is 11.5. The second-order valence-corrected chi connectivity index (χ2v) is 7.33. The Morgan fingerprint density at radius 3 is 2.64 bits per heavy atom. The zero-order chi connectivity index (χ0) is 19.7. The molecule has 4 aromatic rings. The number of halogens is 3. The predicted octanol–water partition coefficient (Wildman–Crippen LogP) is 5.84. The average molecular weight is 395 g/mol. The molecule has 2 aromatic carbocycles. The van der Waals surface area contributed by atoms with Crippen LogP contribution in [0.5, 0.6) is 0 Å². The molecule has 28 heavy (non-hydrogen) atoms. The molecule has 0 radical (unpaired) electrons. The number of fused-ring (bicyclic) bond motifs is 1. The van der Waals surface area contributed by atoms with Crippen LogP contribution in [0.25, 0.3) is 21.3 Å². The number of alkyl halides is 3. The molecule has 0 bridgehead atoms. The molecule has 0 saturated heterocycles.